The smallest absolute Gasteiger partial charge is 0.403 e. The van der Waals surface area contributed by atoms with Crippen LogP contribution in [0, 0.1) is 11.6 Å². The first kappa shape index (κ1) is 17.7. The van der Waals surface area contributed by atoms with Gasteiger partial charge in [0.2, 0.25) is 5.69 Å². The Morgan fingerprint density at radius 1 is 1.00 bits per heavy atom. The quantitative estimate of drug-likeness (QED) is 0.532. The molecular formula is C20H18F2N2O2+2. The summed E-state index contributed by atoms with van der Waals surface area (Å²) >= 11 is 0. The normalized spacial score (nSPS) is 10.6. The Morgan fingerprint density at radius 2 is 1.69 bits per heavy atom. The summed E-state index contributed by atoms with van der Waals surface area (Å²) in [5.41, 5.74) is 1.37. The number of esters is 1. The van der Waals surface area contributed by atoms with Crippen molar-refractivity contribution in [3.8, 4) is 11.3 Å². The second kappa shape index (κ2) is 7.39. The number of nitrogens with zero attached hydrogens (tertiary/aromatic N) is 2. The van der Waals surface area contributed by atoms with Crippen LogP contribution >= 0.6 is 0 Å². The fourth-order valence-corrected chi connectivity index (χ4v) is 2.76. The Bertz CT molecular complexity index is 974. The maximum atomic E-state index is 14.5. The number of rotatable bonds is 4. The molecule has 1 aromatic carbocycles. The first-order chi connectivity index (χ1) is 12.5. The number of carbonyl (C=O) groups excluding carboxylic acids is 1. The van der Waals surface area contributed by atoms with E-state index in [0.717, 1.165) is 6.07 Å². The summed E-state index contributed by atoms with van der Waals surface area (Å²) in [4.78, 5) is 12.3. The van der Waals surface area contributed by atoms with Crippen LogP contribution in [0.5, 0.6) is 0 Å². The lowest BCUT2D eigenvalue weighted by Crippen LogP contribution is -2.36. The van der Waals surface area contributed by atoms with E-state index in [-0.39, 0.29) is 17.7 Å². The molecule has 2 heterocycles. The molecule has 0 bridgehead atoms. The van der Waals surface area contributed by atoms with Crippen molar-refractivity contribution in [1.82, 2.24) is 0 Å². The standard InChI is InChI=1S/C20H18F2N2O2/c1-23-9-5-3-7-17(23)19-14(11-15(21)12-16(19)22)13-26-20(25)18-8-4-6-10-24(18)2/h3-12H,13H2,1-2H3/q+2. The second-order valence-electron chi connectivity index (χ2n) is 5.89. The molecular weight excluding hydrogens is 338 g/mol. The lowest BCUT2D eigenvalue weighted by molar-refractivity contribution is -0.674. The van der Waals surface area contributed by atoms with Crippen molar-refractivity contribution in [2.75, 3.05) is 0 Å². The molecule has 0 atom stereocenters. The highest BCUT2D eigenvalue weighted by Crippen LogP contribution is 2.26. The molecule has 0 spiro atoms. The van der Waals surface area contributed by atoms with E-state index in [4.69, 9.17) is 4.74 Å². The van der Waals surface area contributed by atoms with Gasteiger partial charge in [-0.1, -0.05) is 0 Å². The van der Waals surface area contributed by atoms with Crippen molar-refractivity contribution in [3.63, 3.8) is 0 Å². The number of pyridine rings is 2. The highest BCUT2D eigenvalue weighted by atomic mass is 19.1. The summed E-state index contributed by atoms with van der Waals surface area (Å²) in [7, 11) is 3.48. The van der Waals surface area contributed by atoms with Crippen molar-refractivity contribution >= 4 is 5.97 Å². The van der Waals surface area contributed by atoms with Gasteiger partial charge in [0.1, 0.15) is 32.3 Å². The van der Waals surface area contributed by atoms with E-state index in [0.29, 0.717) is 11.4 Å². The Balaban J connectivity index is 1.94. The third-order valence-corrected chi connectivity index (χ3v) is 4.07. The van der Waals surface area contributed by atoms with E-state index in [1.54, 1.807) is 72.0 Å². The first-order valence-corrected chi connectivity index (χ1v) is 8.02. The molecule has 0 aliphatic carbocycles. The van der Waals surface area contributed by atoms with E-state index < -0.39 is 17.6 Å². The van der Waals surface area contributed by atoms with E-state index >= 15 is 0 Å². The van der Waals surface area contributed by atoms with E-state index in [9.17, 15) is 13.6 Å². The summed E-state index contributed by atoms with van der Waals surface area (Å²) in [5.74, 6) is -1.99. The fraction of sp³-hybridized carbons (Fsp3) is 0.150. The predicted molar refractivity (Wildman–Crippen MR) is 89.7 cm³/mol. The van der Waals surface area contributed by atoms with Crippen LogP contribution in [0.2, 0.25) is 0 Å². The SMILES string of the molecule is C[n+]1ccccc1C(=O)OCc1cc(F)cc(F)c1-c1cccc[n+]1C. The lowest BCUT2D eigenvalue weighted by Gasteiger charge is -2.10. The number of aromatic nitrogens is 2. The minimum atomic E-state index is -0.721. The van der Waals surface area contributed by atoms with Crippen molar-refractivity contribution < 1.29 is 27.4 Å². The molecule has 0 aliphatic heterocycles. The van der Waals surface area contributed by atoms with Crippen LogP contribution < -0.4 is 9.13 Å². The van der Waals surface area contributed by atoms with Gasteiger partial charge in [0.05, 0.1) is 5.56 Å². The van der Waals surface area contributed by atoms with Gasteiger partial charge in [0.25, 0.3) is 5.69 Å². The Morgan fingerprint density at radius 3 is 2.38 bits per heavy atom. The zero-order valence-corrected chi connectivity index (χ0v) is 14.4. The van der Waals surface area contributed by atoms with Crippen LogP contribution in [0.1, 0.15) is 16.1 Å². The summed E-state index contributed by atoms with van der Waals surface area (Å²) in [6, 6.07) is 12.4. The topological polar surface area (TPSA) is 34.1 Å². The minimum absolute atomic E-state index is 0.208. The molecule has 4 nitrogen and oxygen atoms in total. The van der Waals surface area contributed by atoms with Crippen LogP contribution in [-0.4, -0.2) is 5.97 Å². The number of halogens is 2. The van der Waals surface area contributed by atoms with Crippen molar-refractivity contribution in [2.24, 2.45) is 14.1 Å². The Labute approximate surface area is 149 Å². The van der Waals surface area contributed by atoms with Gasteiger partial charge < -0.3 is 4.74 Å². The summed E-state index contributed by atoms with van der Waals surface area (Å²) in [6.45, 7) is -0.243. The Kier molecular flexibility index (Phi) is 5.02. The first-order valence-electron chi connectivity index (χ1n) is 8.02. The van der Waals surface area contributed by atoms with Crippen molar-refractivity contribution in [1.29, 1.82) is 0 Å². The third-order valence-electron chi connectivity index (χ3n) is 4.07. The molecule has 0 unspecified atom stereocenters. The number of hydrogen-bond donors (Lipinski definition) is 0. The number of aryl methyl sites for hydroxylation is 2. The molecule has 6 heteroatoms. The second-order valence-corrected chi connectivity index (χ2v) is 5.89. The van der Waals surface area contributed by atoms with Crippen molar-refractivity contribution in [2.45, 2.75) is 6.61 Å². The molecule has 2 aromatic heterocycles. The summed E-state index contributed by atoms with van der Waals surface area (Å²) < 4.78 is 36.9. The molecule has 0 saturated carbocycles. The van der Waals surface area contributed by atoms with Gasteiger partial charge in [-0.2, -0.15) is 4.57 Å². The molecule has 0 saturated heterocycles. The predicted octanol–water partition coefficient (Wildman–Crippen LogP) is 2.64. The van der Waals surface area contributed by atoms with E-state index in [1.165, 1.54) is 6.07 Å². The van der Waals surface area contributed by atoms with Crippen molar-refractivity contribution in [3.05, 3.63) is 83.8 Å². The molecule has 3 rings (SSSR count). The average molecular weight is 356 g/mol. The lowest BCUT2D eigenvalue weighted by atomic mass is 10.0. The third kappa shape index (κ3) is 3.59. The zero-order valence-electron chi connectivity index (χ0n) is 14.4. The molecule has 0 radical (unpaired) electrons. The highest BCUT2D eigenvalue weighted by Gasteiger charge is 2.23. The molecule has 0 fully saturated rings. The van der Waals surface area contributed by atoms with Gasteiger partial charge in [0, 0.05) is 35.9 Å². The van der Waals surface area contributed by atoms with E-state index in [2.05, 4.69) is 0 Å². The average Bonchev–Trinajstić information content (AvgIpc) is 2.61. The van der Waals surface area contributed by atoms with Gasteiger partial charge in [-0.3, -0.25) is 0 Å². The number of benzene rings is 1. The molecule has 0 amide bonds. The van der Waals surface area contributed by atoms with Crippen LogP contribution in [0.25, 0.3) is 11.3 Å². The van der Waals surface area contributed by atoms with Gasteiger partial charge >= 0.3 is 5.97 Å². The van der Waals surface area contributed by atoms with Crippen LogP contribution in [0.15, 0.2) is 60.9 Å². The van der Waals surface area contributed by atoms with Gasteiger partial charge in [-0.25, -0.2) is 18.1 Å². The van der Waals surface area contributed by atoms with Gasteiger partial charge in [-0.15, -0.1) is 0 Å². The summed E-state index contributed by atoms with van der Waals surface area (Å²) in [6.07, 6.45) is 3.48. The van der Waals surface area contributed by atoms with Crippen LogP contribution in [0.3, 0.4) is 0 Å². The minimum Gasteiger partial charge on any atom is -0.453 e. The van der Waals surface area contributed by atoms with Gasteiger partial charge in [-0.05, 0) is 18.2 Å². The molecule has 26 heavy (non-hydrogen) atoms. The largest absolute Gasteiger partial charge is 0.453 e. The molecule has 3 aromatic rings. The highest BCUT2D eigenvalue weighted by molar-refractivity contribution is 5.85. The van der Waals surface area contributed by atoms with Gasteiger partial charge in [0.15, 0.2) is 12.4 Å². The van der Waals surface area contributed by atoms with Crippen LogP contribution in [-0.2, 0) is 25.4 Å². The number of ether oxygens (including phenoxy) is 1. The molecule has 0 N–H and O–H groups in total. The molecule has 132 valence electrons. The number of carbonyl (C=O) groups is 1. The monoisotopic (exact) mass is 356 g/mol. The molecule has 0 aliphatic rings. The maximum absolute atomic E-state index is 14.5. The van der Waals surface area contributed by atoms with E-state index in [1.807, 2.05) is 0 Å². The maximum Gasteiger partial charge on any atom is 0.403 e. The summed E-state index contributed by atoms with van der Waals surface area (Å²) in [5, 5.41) is 0. The fourth-order valence-electron chi connectivity index (χ4n) is 2.76. The zero-order chi connectivity index (χ0) is 18.7. The number of hydrogen-bond acceptors (Lipinski definition) is 2. The van der Waals surface area contributed by atoms with Crippen LogP contribution in [0.4, 0.5) is 8.78 Å². The Hall–Kier alpha value is -3.15.